The van der Waals surface area contributed by atoms with E-state index in [-0.39, 0.29) is 0 Å². The van der Waals surface area contributed by atoms with Gasteiger partial charge in [-0.1, -0.05) is 0 Å². The highest BCUT2D eigenvalue weighted by Gasteiger charge is 2.12. The van der Waals surface area contributed by atoms with Crippen LogP contribution in [0, 0.1) is 0 Å². The van der Waals surface area contributed by atoms with Crippen molar-refractivity contribution in [1.29, 1.82) is 0 Å². The van der Waals surface area contributed by atoms with Crippen molar-refractivity contribution < 1.29 is 0 Å². The van der Waals surface area contributed by atoms with Crippen LogP contribution in [0.15, 0.2) is 43.0 Å². The third-order valence-electron chi connectivity index (χ3n) is 3.29. The zero-order chi connectivity index (χ0) is 12.1. The van der Waals surface area contributed by atoms with E-state index in [0.29, 0.717) is 0 Å². The highest BCUT2D eigenvalue weighted by Crippen LogP contribution is 2.31. The first kappa shape index (κ1) is 9.53. The number of hydrogen-bond acceptors (Lipinski definition) is 3. The van der Waals surface area contributed by atoms with Crippen molar-refractivity contribution in [2.24, 2.45) is 7.05 Å². The van der Waals surface area contributed by atoms with Crippen molar-refractivity contribution in [1.82, 2.24) is 19.5 Å². The van der Waals surface area contributed by atoms with Crippen LogP contribution in [0.4, 0.5) is 0 Å². The van der Waals surface area contributed by atoms with Gasteiger partial charge in [0.2, 0.25) is 0 Å². The molecule has 0 N–H and O–H groups in total. The number of pyridine rings is 2. The summed E-state index contributed by atoms with van der Waals surface area (Å²) in [6.07, 6.45) is 5.44. The van der Waals surface area contributed by atoms with Gasteiger partial charge in [0.15, 0.2) is 0 Å². The Hall–Kier alpha value is -2.49. The van der Waals surface area contributed by atoms with Crippen molar-refractivity contribution in [3.05, 3.63) is 43.0 Å². The van der Waals surface area contributed by atoms with E-state index >= 15 is 0 Å². The molecule has 0 saturated heterocycles. The van der Waals surface area contributed by atoms with Crippen LogP contribution < -0.4 is 0 Å². The molecule has 4 rings (SSSR count). The van der Waals surface area contributed by atoms with Crippen LogP contribution in [0.2, 0.25) is 0 Å². The average Bonchev–Trinajstić information content (AvgIpc) is 2.82. The molecule has 0 atom stereocenters. The smallest absolute Gasteiger partial charge is 0.0987 e. The topological polar surface area (TPSA) is 43.6 Å². The average molecular weight is 234 g/mol. The van der Waals surface area contributed by atoms with Crippen LogP contribution in [0.3, 0.4) is 0 Å². The lowest BCUT2D eigenvalue weighted by molar-refractivity contribution is 0.950. The molecule has 4 aromatic rings. The number of aryl methyl sites for hydroxylation is 1. The number of rotatable bonds is 0. The molecule has 0 unspecified atom stereocenters. The molecule has 0 aliphatic rings. The van der Waals surface area contributed by atoms with Crippen molar-refractivity contribution >= 4 is 32.8 Å². The van der Waals surface area contributed by atoms with E-state index in [1.54, 1.807) is 12.4 Å². The molecule has 86 valence electrons. The molecule has 4 heteroatoms. The zero-order valence-electron chi connectivity index (χ0n) is 9.83. The lowest BCUT2D eigenvalue weighted by Crippen LogP contribution is -1.90. The molecule has 0 radical (unpaired) electrons. The van der Waals surface area contributed by atoms with Gasteiger partial charge in [-0.05, 0) is 24.3 Å². The zero-order valence-corrected chi connectivity index (χ0v) is 9.83. The van der Waals surface area contributed by atoms with Crippen LogP contribution in [0.1, 0.15) is 0 Å². The second-order valence-corrected chi connectivity index (χ2v) is 4.35. The van der Waals surface area contributed by atoms with Crippen molar-refractivity contribution in [3.63, 3.8) is 0 Å². The van der Waals surface area contributed by atoms with Crippen LogP contribution in [-0.2, 0) is 7.05 Å². The SMILES string of the molecule is Cn1cnc2c3cccnc3c3ncccc3c21. The minimum absolute atomic E-state index is 0.916. The molecule has 0 spiro atoms. The number of hydrogen-bond donors (Lipinski definition) is 0. The number of imidazole rings is 1. The van der Waals surface area contributed by atoms with Crippen LogP contribution in [0.25, 0.3) is 32.8 Å². The van der Waals surface area contributed by atoms with Gasteiger partial charge in [0.25, 0.3) is 0 Å². The molecular formula is C14H10N4. The Balaban J connectivity index is 2.48. The third kappa shape index (κ3) is 1.07. The fourth-order valence-electron chi connectivity index (χ4n) is 2.52. The van der Waals surface area contributed by atoms with Gasteiger partial charge in [0.1, 0.15) is 0 Å². The van der Waals surface area contributed by atoms with Gasteiger partial charge in [-0.2, -0.15) is 0 Å². The molecule has 0 fully saturated rings. The molecule has 18 heavy (non-hydrogen) atoms. The highest BCUT2D eigenvalue weighted by atomic mass is 15.0. The Morgan fingerprint density at radius 1 is 0.833 bits per heavy atom. The molecule has 0 bridgehead atoms. The standard InChI is InChI=1S/C14H10N4/c1-18-8-17-13-9-4-2-6-15-11(9)12-10(14(13)18)5-3-7-16-12/h2-8H,1H3. The Morgan fingerprint density at radius 3 is 2.28 bits per heavy atom. The monoisotopic (exact) mass is 234 g/mol. The normalized spacial score (nSPS) is 11.6. The maximum atomic E-state index is 4.49. The van der Waals surface area contributed by atoms with Gasteiger partial charge < -0.3 is 4.57 Å². The van der Waals surface area contributed by atoms with Gasteiger partial charge in [0.05, 0.1) is 28.4 Å². The molecule has 0 aliphatic carbocycles. The van der Waals surface area contributed by atoms with Gasteiger partial charge in [-0.25, -0.2) is 4.98 Å². The number of nitrogens with zero attached hydrogens (tertiary/aromatic N) is 4. The molecule has 0 aliphatic heterocycles. The molecule has 0 saturated carbocycles. The minimum atomic E-state index is 0.916. The van der Waals surface area contributed by atoms with Crippen molar-refractivity contribution in [2.45, 2.75) is 0 Å². The summed E-state index contributed by atoms with van der Waals surface area (Å²) in [4.78, 5) is 13.4. The van der Waals surface area contributed by atoms with Crippen LogP contribution in [0.5, 0.6) is 0 Å². The van der Waals surface area contributed by atoms with E-state index in [1.807, 2.05) is 36.1 Å². The predicted octanol–water partition coefficient (Wildman–Crippen LogP) is 2.67. The molecular weight excluding hydrogens is 224 g/mol. The maximum Gasteiger partial charge on any atom is 0.0987 e. The molecule has 0 amide bonds. The van der Waals surface area contributed by atoms with Crippen molar-refractivity contribution in [2.75, 3.05) is 0 Å². The van der Waals surface area contributed by atoms with E-state index in [4.69, 9.17) is 0 Å². The summed E-state index contributed by atoms with van der Waals surface area (Å²) in [5.41, 5.74) is 3.95. The number of aromatic nitrogens is 4. The quantitative estimate of drug-likeness (QED) is 0.439. The molecule has 3 heterocycles. The number of benzene rings is 1. The Morgan fingerprint density at radius 2 is 1.50 bits per heavy atom. The fraction of sp³-hybridized carbons (Fsp3) is 0.0714. The first-order valence-corrected chi connectivity index (χ1v) is 5.79. The summed E-state index contributed by atoms with van der Waals surface area (Å²) in [6, 6.07) is 8.00. The summed E-state index contributed by atoms with van der Waals surface area (Å²) in [5.74, 6) is 0. The minimum Gasteiger partial charge on any atom is -0.333 e. The van der Waals surface area contributed by atoms with E-state index < -0.39 is 0 Å². The second-order valence-electron chi connectivity index (χ2n) is 4.35. The number of fused-ring (bicyclic) bond motifs is 6. The Labute approximate surface area is 103 Å². The summed E-state index contributed by atoms with van der Waals surface area (Å²) < 4.78 is 2.03. The lowest BCUT2D eigenvalue weighted by atomic mass is 10.1. The molecule has 3 aromatic heterocycles. The maximum absolute atomic E-state index is 4.49. The van der Waals surface area contributed by atoms with Crippen LogP contribution in [-0.4, -0.2) is 19.5 Å². The van der Waals surface area contributed by atoms with Crippen molar-refractivity contribution in [3.8, 4) is 0 Å². The highest BCUT2D eigenvalue weighted by molar-refractivity contribution is 6.20. The third-order valence-corrected chi connectivity index (χ3v) is 3.29. The fourth-order valence-corrected chi connectivity index (χ4v) is 2.52. The summed E-state index contributed by atoms with van der Waals surface area (Å²) >= 11 is 0. The van der Waals surface area contributed by atoms with Crippen LogP contribution >= 0.6 is 0 Å². The first-order chi connectivity index (χ1) is 8.86. The van der Waals surface area contributed by atoms with E-state index in [0.717, 1.165) is 32.8 Å². The summed E-state index contributed by atoms with van der Waals surface area (Å²) in [7, 11) is 2.00. The molecule has 1 aromatic carbocycles. The first-order valence-electron chi connectivity index (χ1n) is 5.79. The summed E-state index contributed by atoms with van der Waals surface area (Å²) in [5, 5.41) is 2.15. The Bertz CT molecular complexity index is 892. The largest absolute Gasteiger partial charge is 0.333 e. The predicted molar refractivity (Wildman–Crippen MR) is 71.3 cm³/mol. The van der Waals surface area contributed by atoms with Gasteiger partial charge in [0, 0.05) is 30.2 Å². The van der Waals surface area contributed by atoms with E-state index in [2.05, 4.69) is 21.0 Å². The molecule has 4 nitrogen and oxygen atoms in total. The Kier molecular flexibility index (Phi) is 1.73. The van der Waals surface area contributed by atoms with Gasteiger partial charge in [-0.15, -0.1) is 0 Å². The van der Waals surface area contributed by atoms with Gasteiger partial charge >= 0.3 is 0 Å². The van der Waals surface area contributed by atoms with E-state index in [9.17, 15) is 0 Å². The summed E-state index contributed by atoms with van der Waals surface area (Å²) in [6.45, 7) is 0. The van der Waals surface area contributed by atoms with E-state index in [1.165, 1.54) is 0 Å². The lowest BCUT2D eigenvalue weighted by Gasteiger charge is -2.05. The second kappa shape index (κ2) is 3.26. The van der Waals surface area contributed by atoms with Gasteiger partial charge in [-0.3, -0.25) is 9.97 Å².